The molecule has 1 aromatic carbocycles. The molecule has 9 nitrogen and oxygen atoms in total. The summed E-state index contributed by atoms with van der Waals surface area (Å²) in [6, 6.07) is 5.96. The number of rotatable bonds is 3. The predicted molar refractivity (Wildman–Crippen MR) is 111 cm³/mol. The molecule has 0 radical (unpaired) electrons. The van der Waals surface area contributed by atoms with Crippen molar-refractivity contribution in [3.8, 4) is 5.69 Å². The second-order valence-corrected chi connectivity index (χ2v) is 7.78. The molecule has 1 fully saturated rings. The van der Waals surface area contributed by atoms with E-state index in [1.165, 1.54) is 0 Å². The Morgan fingerprint density at radius 2 is 2.13 bits per heavy atom. The molecule has 1 N–H and O–H groups in total. The molecule has 0 unspecified atom stereocenters. The number of carbonyl (C=O) groups excluding carboxylic acids is 2. The number of benzene rings is 1. The number of amides is 3. The van der Waals surface area contributed by atoms with Gasteiger partial charge in [-0.1, -0.05) is 17.3 Å². The smallest absolute Gasteiger partial charge is 0.317 e. The van der Waals surface area contributed by atoms with Crippen molar-refractivity contribution < 1.29 is 14.3 Å². The van der Waals surface area contributed by atoms with Gasteiger partial charge in [-0.2, -0.15) is 0 Å². The maximum Gasteiger partial charge on any atom is 0.317 e. The van der Waals surface area contributed by atoms with Crippen LogP contribution < -0.4 is 5.32 Å². The highest BCUT2D eigenvalue weighted by atomic mass is 16.5. The minimum Gasteiger partial charge on any atom is -0.377 e. The normalized spacial score (nSPS) is 18.8. The number of hydrogen-bond acceptors (Lipinski definition) is 5. The van der Waals surface area contributed by atoms with E-state index in [9.17, 15) is 9.59 Å². The molecule has 9 heteroatoms. The molecule has 0 saturated carbocycles. The molecule has 1 atom stereocenters. The minimum absolute atomic E-state index is 0.0144. The van der Waals surface area contributed by atoms with E-state index < -0.39 is 0 Å². The summed E-state index contributed by atoms with van der Waals surface area (Å²) in [4.78, 5) is 28.9. The number of ether oxygens (including phenoxy) is 1. The van der Waals surface area contributed by atoms with Gasteiger partial charge in [0.1, 0.15) is 0 Å². The van der Waals surface area contributed by atoms with Gasteiger partial charge in [0.25, 0.3) is 5.91 Å². The fourth-order valence-electron chi connectivity index (χ4n) is 4.14. The zero-order valence-electron chi connectivity index (χ0n) is 17.7. The Bertz CT molecular complexity index is 956. The van der Waals surface area contributed by atoms with Crippen LogP contribution in [0, 0.1) is 6.92 Å². The summed E-state index contributed by atoms with van der Waals surface area (Å²) in [7, 11) is 0. The quantitative estimate of drug-likeness (QED) is 0.825. The van der Waals surface area contributed by atoms with Crippen LogP contribution in [0.25, 0.3) is 5.69 Å². The van der Waals surface area contributed by atoms with Gasteiger partial charge in [-0.25, -0.2) is 9.48 Å². The van der Waals surface area contributed by atoms with Crippen LogP contribution in [0.15, 0.2) is 18.2 Å². The molecule has 0 spiro atoms. The van der Waals surface area contributed by atoms with Crippen molar-refractivity contribution in [3.63, 3.8) is 0 Å². The molecule has 2 aliphatic heterocycles. The van der Waals surface area contributed by atoms with E-state index in [0.717, 1.165) is 28.9 Å². The Morgan fingerprint density at radius 3 is 2.90 bits per heavy atom. The lowest BCUT2D eigenvalue weighted by molar-refractivity contribution is 0.00322. The van der Waals surface area contributed by atoms with Gasteiger partial charge in [-0.15, -0.1) is 5.10 Å². The second kappa shape index (κ2) is 8.43. The third kappa shape index (κ3) is 3.65. The molecule has 160 valence electrons. The zero-order chi connectivity index (χ0) is 21.3. The first-order chi connectivity index (χ1) is 14.5. The Labute approximate surface area is 176 Å². The van der Waals surface area contributed by atoms with Gasteiger partial charge in [-0.05, 0) is 44.4 Å². The molecular weight excluding hydrogens is 384 g/mol. The maximum absolute atomic E-state index is 13.0. The lowest BCUT2D eigenvalue weighted by atomic mass is 9.98. The molecule has 3 amide bonds. The number of nitrogens with zero attached hydrogens (tertiary/aromatic N) is 5. The monoisotopic (exact) mass is 412 g/mol. The van der Waals surface area contributed by atoms with Crippen molar-refractivity contribution >= 4 is 11.9 Å². The molecular formula is C21H28N6O3. The van der Waals surface area contributed by atoms with E-state index in [4.69, 9.17) is 4.74 Å². The van der Waals surface area contributed by atoms with Crippen molar-refractivity contribution in [3.05, 3.63) is 40.7 Å². The Kier molecular flexibility index (Phi) is 5.72. The number of fused-ring (bicyclic) bond motifs is 1. The lowest BCUT2D eigenvalue weighted by Crippen LogP contribution is -2.47. The fraction of sp³-hybridized carbons (Fsp3) is 0.524. The van der Waals surface area contributed by atoms with E-state index in [2.05, 4.69) is 15.6 Å². The number of nitrogens with one attached hydrogen (secondary N) is 1. The maximum atomic E-state index is 13.0. The molecule has 0 bridgehead atoms. The topological polar surface area (TPSA) is 92.6 Å². The molecule has 2 aliphatic rings. The molecule has 4 rings (SSSR count). The van der Waals surface area contributed by atoms with E-state index in [-0.39, 0.29) is 18.0 Å². The Hall–Kier alpha value is -2.94. The number of carbonyl (C=O) groups is 2. The largest absolute Gasteiger partial charge is 0.377 e. The number of hydrogen-bond donors (Lipinski definition) is 1. The van der Waals surface area contributed by atoms with E-state index in [0.29, 0.717) is 45.1 Å². The van der Waals surface area contributed by atoms with Crippen LogP contribution in [0.3, 0.4) is 0 Å². The van der Waals surface area contributed by atoms with Crippen LogP contribution >= 0.6 is 0 Å². The third-order valence-corrected chi connectivity index (χ3v) is 5.81. The van der Waals surface area contributed by atoms with E-state index in [1.54, 1.807) is 9.58 Å². The van der Waals surface area contributed by atoms with Crippen molar-refractivity contribution in [1.82, 2.24) is 30.1 Å². The van der Waals surface area contributed by atoms with Gasteiger partial charge < -0.3 is 19.9 Å². The van der Waals surface area contributed by atoms with Gasteiger partial charge >= 0.3 is 6.03 Å². The molecule has 0 aliphatic carbocycles. The molecule has 1 aromatic heterocycles. The highest BCUT2D eigenvalue weighted by molar-refractivity contribution is 5.93. The predicted octanol–water partition coefficient (Wildman–Crippen LogP) is 1.52. The molecule has 3 heterocycles. The fourth-order valence-corrected chi connectivity index (χ4v) is 4.14. The standard InChI is InChI=1S/C21H28N6O3/c1-4-22-21(29)25-9-8-17-16(12-25)6-5-7-18(17)27-15(3)19(23-24-27)20(28)26-10-11-30-13-14(26)2/h5-7,14H,4,8-13H2,1-3H3,(H,22,29)/t14-/m1/s1. The van der Waals surface area contributed by atoms with Crippen LogP contribution in [0.2, 0.25) is 0 Å². The van der Waals surface area contributed by atoms with Crippen LogP contribution in [-0.4, -0.2) is 75.6 Å². The van der Waals surface area contributed by atoms with Crippen LogP contribution in [0.1, 0.15) is 41.2 Å². The summed E-state index contributed by atoms with van der Waals surface area (Å²) in [5, 5.41) is 11.4. The Morgan fingerprint density at radius 1 is 1.30 bits per heavy atom. The van der Waals surface area contributed by atoms with Gasteiger partial charge in [0.05, 0.1) is 30.6 Å². The first kappa shape index (κ1) is 20.3. The highest BCUT2D eigenvalue weighted by Crippen LogP contribution is 2.26. The van der Waals surface area contributed by atoms with Crippen molar-refractivity contribution in [2.24, 2.45) is 0 Å². The van der Waals surface area contributed by atoms with E-state index >= 15 is 0 Å². The highest BCUT2D eigenvalue weighted by Gasteiger charge is 2.30. The average Bonchev–Trinajstić information content (AvgIpc) is 3.14. The summed E-state index contributed by atoms with van der Waals surface area (Å²) in [6.45, 7) is 9.21. The van der Waals surface area contributed by atoms with Crippen LogP contribution in [-0.2, 0) is 17.7 Å². The van der Waals surface area contributed by atoms with Crippen LogP contribution in [0.5, 0.6) is 0 Å². The van der Waals surface area contributed by atoms with Crippen LogP contribution in [0.4, 0.5) is 4.79 Å². The second-order valence-electron chi connectivity index (χ2n) is 7.78. The summed E-state index contributed by atoms with van der Waals surface area (Å²) >= 11 is 0. The molecule has 2 aromatic rings. The average molecular weight is 412 g/mol. The summed E-state index contributed by atoms with van der Waals surface area (Å²) in [5.74, 6) is -0.109. The number of aromatic nitrogens is 3. The van der Waals surface area contributed by atoms with Gasteiger partial charge in [0.2, 0.25) is 0 Å². The minimum atomic E-state index is -0.109. The third-order valence-electron chi connectivity index (χ3n) is 5.81. The molecule has 30 heavy (non-hydrogen) atoms. The number of morpholine rings is 1. The summed E-state index contributed by atoms with van der Waals surface area (Å²) in [5.41, 5.74) is 4.25. The van der Waals surface area contributed by atoms with Crippen molar-refractivity contribution in [1.29, 1.82) is 0 Å². The zero-order valence-corrected chi connectivity index (χ0v) is 17.7. The van der Waals surface area contributed by atoms with Crippen molar-refractivity contribution in [2.45, 2.75) is 39.8 Å². The SMILES string of the molecule is CCNC(=O)N1CCc2c(cccc2-n2nnc(C(=O)N3CCOC[C@H]3C)c2C)C1. The van der Waals surface area contributed by atoms with E-state index in [1.807, 2.05) is 43.9 Å². The lowest BCUT2D eigenvalue weighted by Gasteiger charge is -2.32. The Balaban J connectivity index is 1.61. The first-order valence-corrected chi connectivity index (χ1v) is 10.5. The van der Waals surface area contributed by atoms with Gasteiger partial charge in [0.15, 0.2) is 5.69 Å². The number of urea groups is 1. The van der Waals surface area contributed by atoms with Gasteiger partial charge in [0, 0.05) is 26.2 Å². The summed E-state index contributed by atoms with van der Waals surface area (Å²) < 4.78 is 7.19. The summed E-state index contributed by atoms with van der Waals surface area (Å²) in [6.07, 6.45) is 0.728. The van der Waals surface area contributed by atoms with Gasteiger partial charge in [-0.3, -0.25) is 4.79 Å². The first-order valence-electron chi connectivity index (χ1n) is 10.5. The van der Waals surface area contributed by atoms with Crippen molar-refractivity contribution in [2.75, 3.05) is 32.8 Å². The molecule has 1 saturated heterocycles.